The van der Waals surface area contributed by atoms with Crippen molar-refractivity contribution in [3.8, 4) is 11.8 Å². The van der Waals surface area contributed by atoms with Crippen molar-refractivity contribution in [1.82, 2.24) is 9.88 Å². The zero-order valence-electron chi connectivity index (χ0n) is 26.3. The van der Waals surface area contributed by atoms with E-state index in [0.717, 1.165) is 19.2 Å². The molecule has 0 atom stereocenters. The number of likely N-dealkylation sites (N-methyl/N-ethyl adjacent to an activating group) is 1. The Morgan fingerprint density at radius 2 is 2.30 bits per heavy atom. The lowest BCUT2D eigenvalue weighted by molar-refractivity contribution is -0.114. The number of nitriles is 1. The highest BCUT2D eigenvalue weighted by Gasteiger charge is 2.16. The third-order valence-corrected chi connectivity index (χ3v) is 4.56. The molecule has 1 aromatic heterocycles. The van der Waals surface area contributed by atoms with Crippen LogP contribution < -0.4 is 10.1 Å². The summed E-state index contributed by atoms with van der Waals surface area (Å²) < 4.78 is 82.5. The number of anilines is 2. The van der Waals surface area contributed by atoms with Crippen LogP contribution in [0.2, 0.25) is 0 Å². The summed E-state index contributed by atoms with van der Waals surface area (Å²) in [5, 5.41) is 12.9. The molecule has 2 aromatic carbocycles. The number of ketones is 1. The number of nitrogens with zero attached hydrogens (tertiary/aromatic N) is 3. The number of pyridine rings is 1. The molecule has 0 amide bonds. The smallest absolute Gasteiger partial charge is 0.159 e. The van der Waals surface area contributed by atoms with Gasteiger partial charge in [-0.25, -0.2) is 4.39 Å². The van der Waals surface area contributed by atoms with Gasteiger partial charge in [-0.3, -0.25) is 9.78 Å². The first-order valence-corrected chi connectivity index (χ1v) is 10.0. The molecule has 3 aromatic rings. The molecule has 6 nitrogen and oxygen atoms in total. The molecule has 0 saturated heterocycles. The van der Waals surface area contributed by atoms with E-state index >= 15 is 0 Å². The van der Waals surface area contributed by atoms with E-state index in [9.17, 15) is 14.4 Å². The second-order valence-corrected chi connectivity index (χ2v) is 7.05. The summed E-state index contributed by atoms with van der Waals surface area (Å²) >= 11 is 0. The fourth-order valence-electron chi connectivity index (χ4n) is 3.07. The van der Waals surface area contributed by atoms with Gasteiger partial charge in [0.25, 0.3) is 0 Å². The molecule has 1 heterocycles. The summed E-state index contributed by atoms with van der Waals surface area (Å²) in [7, 11) is 1.07. The van der Waals surface area contributed by atoms with Gasteiger partial charge in [0, 0.05) is 48.7 Å². The summed E-state index contributed by atoms with van der Waals surface area (Å²) in [4.78, 5) is 17.7. The van der Waals surface area contributed by atoms with Crippen LogP contribution in [0, 0.1) is 24.1 Å². The standard InChI is InChI=1S/C26H27FN4O2/c1-5-33-25-14-24-22(13-18(25)12-21(32)7-6-10-31(3)4)26(19(15-28)16-29-24)30-20-8-9-23(27)17(2)11-20/h6-9,11,13-14,16H,5,10,12H2,1-4H3,(H,29,30)/b7-6+/i3D3,8D,9D,10D2,11D. The van der Waals surface area contributed by atoms with Crippen LogP contribution in [0.1, 0.15) is 34.6 Å². The zero-order valence-corrected chi connectivity index (χ0v) is 18.3. The number of fused-ring (bicyclic) bond motifs is 1. The number of ether oxygens (including phenoxy) is 1. The van der Waals surface area contributed by atoms with Gasteiger partial charge in [0.15, 0.2) is 5.78 Å². The van der Waals surface area contributed by atoms with E-state index in [2.05, 4.69) is 10.3 Å². The van der Waals surface area contributed by atoms with E-state index in [1.807, 2.05) is 6.07 Å². The number of allylic oxidation sites excluding steroid dienone is 1. The van der Waals surface area contributed by atoms with Gasteiger partial charge in [0.2, 0.25) is 0 Å². The summed E-state index contributed by atoms with van der Waals surface area (Å²) in [6, 6.07) is 3.39. The monoisotopic (exact) mass is 454 g/mol. The highest BCUT2D eigenvalue weighted by molar-refractivity contribution is 5.98. The Bertz CT molecular complexity index is 1560. The Kier molecular flexibility index (Phi) is 4.91. The van der Waals surface area contributed by atoms with Crippen LogP contribution in [0.4, 0.5) is 15.8 Å². The van der Waals surface area contributed by atoms with Crippen molar-refractivity contribution in [1.29, 1.82) is 5.26 Å². The van der Waals surface area contributed by atoms with Gasteiger partial charge in [-0.05, 0) is 63.7 Å². The van der Waals surface area contributed by atoms with Gasteiger partial charge >= 0.3 is 0 Å². The van der Waals surface area contributed by atoms with E-state index in [0.29, 0.717) is 27.1 Å². The van der Waals surface area contributed by atoms with Crippen LogP contribution in [0.5, 0.6) is 5.75 Å². The largest absolute Gasteiger partial charge is 0.494 e. The molecule has 0 unspecified atom stereocenters. The molecule has 0 aliphatic heterocycles. The Morgan fingerprint density at radius 3 is 3.03 bits per heavy atom. The lowest BCUT2D eigenvalue weighted by Crippen LogP contribution is -2.11. The predicted octanol–water partition coefficient (Wildman–Crippen LogP) is 4.93. The van der Waals surface area contributed by atoms with E-state index < -0.39 is 37.2 Å². The van der Waals surface area contributed by atoms with Gasteiger partial charge in [-0.15, -0.1) is 0 Å². The summed E-state index contributed by atoms with van der Waals surface area (Å²) in [5.41, 5.74) is 0.478. The molecule has 7 heteroatoms. The van der Waals surface area contributed by atoms with Crippen molar-refractivity contribution in [2.75, 3.05) is 32.4 Å². The molecule has 170 valence electrons. The third-order valence-electron chi connectivity index (χ3n) is 4.56. The molecule has 0 radical (unpaired) electrons. The molecule has 3 rings (SSSR count). The van der Waals surface area contributed by atoms with Crippen molar-refractivity contribution in [3.63, 3.8) is 0 Å². The maximum atomic E-state index is 14.3. The Balaban J connectivity index is 2.12. The zero-order chi connectivity index (χ0) is 30.9. The second-order valence-electron chi connectivity index (χ2n) is 7.05. The number of hydrogen-bond donors (Lipinski definition) is 1. The first kappa shape index (κ1) is 15.1. The molecule has 0 aliphatic rings. The lowest BCUT2D eigenvalue weighted by Gasteiger charge is -2.15. The summed E-state index contributed by atoms with van der Waals surface area (Å²) in [5.74, 6) is -1.27. The first-order chi connectivity index (χ1) is 19.0. The Hall–Kier alpha value is -3.76. The van der Waals surface area contributed by atoms with Crippen molar-refractivity contribution in [3.05, 3.63) is 71.1 Å². The van der Waals surface area contributed by atoms with Crippen LogP contribution in [-0.4, -0.2) is 42.8 Å². The average molecular weight is 455 g/mol. The van der Waals surface area contributed by atoms with Crippen molar-refractivity contribution in [2.24, 2.45) is 0 Å². The normalized spacial score (nSPS) is 15.5. The van der Waals surface area contributed by atoms with Crippen molar-refractivity contribution >= 4 is 28.1 Å². The number of carbonyl (C=O) groups excluding carboxylic acids is 1. The maximum absolute atomic E-state index is 14.3. The van der Waals surface area contributed by atoms with Gasteiger partial charge in [0.1, 0.15) is 17.6 Å². The molecule has 0 spiro atoms. The topological polar surface area (TPSA) is 78.2 Å². The fourth-order valence-corrected chi connectivity index (χ4v) is 3.07. The van der Waals surface area contributed by atoms with Gasteiger partial charge in [-0.2, -0.15) is 5.26 Å². The van der Waals surface area contributed by atoms with Crippen molar-refractivity contribution in [2.45, 2.75) is 20.3 Å². The van der Waals surface area contributed by atoms with Crippen LogP contribution in [0.25, 0.3) is 10.9 Å². The first-order valence-electron chi connectivity index (χ1n) is 14.0. The van der Waals surface area contributed by atoms with E-state index in [1.165, 1.54) is 25.3 Å². The van der Waals surface area contributed by atoms with Crippen LogP contribution in [-0.2, 0) is 11.2 Å². The number of carbonyl (C=O) groups is 1. The van der Waals surface area contributed by atoms with Crippen LogP contribution in [0.15, 0.2) is 48.6 Å². The Labute approximate surface area is 204 Å². The number of benzene rings is 2. The number of rotatable bonds is 9. The minimum absolute atomic E-state index is 0.0204. The van der Waals surface area contributed by atoms with Gasteiger partial charge < -0.3 is 15.0 Å². The molecule has 0 bridgehead atoms. The SMILES string of the molecule is [2H]c1c([2H])c(Nc2c(C#N)cnc3cc(OCC)c(CC(=O)/C=C/C([2H])([2H])N(C)C([2H])([2H])[2H])cc23)c([2H])c(C)c1F. The van der Waals surface area contributed by atoms with E-state index in [1.54, 1.807) is 6.92 Å². The summed E-state index contributed by atoms with van der Waals surface area (Å²) in [6.45, 7) is -1.90. The number of hydrogen-bond acceptors (Lipinski definition) is 6. The predicted molar refractivity (Wildman–Crippen MR) is 128 cm³/mol. The molecule has 0 fully saturated rings. The Morgan fingerprint density at radius 1 is 1.48 bits per heavy atom. The van der Waals surface area contributed by atoms with E-state index in [-0.39, 0.29) is 41.6 Å². The number of halogens is 1. The number of aromatic nitrogens is 1. The molecule has 0 saturated carbocycles. The minimum atomic E-state index is -2.73. The molecule has 33 heavy (non-hydrogen) atoms. The van der Waals surface area contributed by atoms with Crippen LogP contribution >= 0.6 is 0 Å². The average Bonchev–Trinajstić information content (AvgIpc) is 2.91. The quantitative estimate of drug-likeness (QED) is 0.462. The fraction of sp³-hybridized carbons (Fsp3) is 0.269. The van der Waals surface area contributed by atoms with Crippen LogP contribution in [0.3, 0.4) is 0 Å². The lowest BCUT2D eigenvalue weighted by atomic mass is 10.0. The molecular weight excluding hydrogens is 419 g/mol. The van der Waals surface area contributed by atoms with Crippen molar-refractivity contribution < 1.29 is 24.9 Å². The molecule has 0 aliphatic carbocycles. The van der Waals surface area contributed by atoms with Gasteiger partial charge in [-0.1, -0.05) is 6.08 Å². The van der Waals surface area contributed by atoms with Gasteiger partial charge in [0.05, 0.1) is 27.5 Å². The highest BCUT2D eigenvalue weighted by atomic mass is 19.1. The minimum Gasteiger partial charge on any atom is -0.494 e. The molecular formula is C26H27FN4O2. The molecule has 1 N–H and O–H groups in total. The maximum Gasteiger partial charge on any atom is 0.159 e. The highest BCUT2D eigenvalue weighted by Crippen LogP contribution is 2.34. The number of nitrogens with one attached hydrogen (secondary N) is 1. The summed E-state index contributed by atoms with van der Waals surface area (Å²) in [6.07, 6.45) is 2.78. The van der Waals surface area contributed by atoms with E-state index in [4.69, 9.17) is 15.7 Å². The second kappa shape index (κ2) is 10.7. The third kappa shape index (κ3) is 5.93.